The Bertz CT molecular complexity index is 480. The summed E-state index contributed by atoms with van der Waals surface area (Å²) >= 11 is 9.05. The van der Waals surface area contributed by atoms with E-state index in [9.17, 15) is 9.59 Å². The van der Waals surface area contributed by atoms with Crippen LogP contribution in [0, 0.1) is 0 Å². The predicted octanol–water partition coefficient (Wildman–Crippen LogP) is 1.53. The molecule has 0 N–H and O–H groups in total. The predicted molar refractivity (Wildman–Crippen MR) is 79.8 cm³/mol. The van der Waals surface area contributed by atoms with Crippen LogP contribution in [-0.4, -0.2) is 26.2 Å². The van der Waals surface area contributed by atoms with Gasteiger partial charge in [0.1, 0.15) is 0 Å². The summed E-state index contributed by atoms with van der Waals surface area (Å²) in [6, 6.07) is 6.63. The fourth-order valence-electron chi connectivity index (χ4n) is 1.82. The zero-order valence-corrected chi connectivity index (χ0v) is 14.3. The zero-order valence-electron chi connectivity index (χ0n) is 11.6. The molecule has 21 heavy (non-hydrogen) atoms. The Balaban J connectivity index is 0.000000383. The van der Waals surface area contributed by atoms with E-state index in [4.69, 9.17) is 0 Å². The molecule has 0 saturated carbocycles. The van der Waals surface area contributed by atoms with Gasteiger partial charge in [0.2, 0.25) is 0 Å². The van der Waals surface area contributed by atoms with Crippen molar-refractivity contribution in [3.05, 3.63) is 39.1 Å². The third-order valence-corrected chi connectivity index (χ3v) is 3.72. The first-order valence-corrected chi connectivity index (χ1v) is 6.81. The van der Waals surface area contributed by atoms with E-state index in [0.717, 1.165) is 14.2 Å². The summed E-state index contributed by atoms with van der Waals surface area (Å²) in [6.45, 7) is 0. The number of carbonyl (C=O) groups excluding carboxylic acids is 2. The van der Waals surface area contributed by atoms with Crippen molar-refractivity contribution in [3.63, 3.8) is 0 Å². The Labute approximate surface area is 145 Å². The molecule has 1 aliphatic carbocycles. The number of esters is 2. The van der Waals surface area contributed by atoms with E-state index < -0.39 is 11.9 Å². The summed E-state index contributed by atoms with van der Waals surface area (Å²) in [5, 5.41) is 0. The smallest absolute Gasteiger partial charge is 0.309 e. The molecule has 4 nitrogen and oxygen atoms in total. The largest absolute Gasteiger partial charge is 0.774 e. The standard InChI is InChI=1S/C8H9.C6H8O4S2.Co/c1-3-7-5-2-6-8(7)4-1;1-9-5(7)3(11)4(12)6(8)10-2;/h1,3-4H,2,5-6H2;11-12H,1-2H3;/q-1;;/p-2/b;4-3-;. The van der Waals surface area contributed by atoms with Gasteiger partial charge in [-0.15, -0.1) is 9.81 Å². The van der Waals surface area contributed by atoms with Crippen LogP contribution in [0.4, 0.5) is 0 Å². The Morgan fingerprint density at radius 3 is 2.10 bits per heavy atom. The SMILES string of the molecule is COC(=O)/C([S-])=C(/[S-])C(=O)OC.[Co].c1cc2[c-](c1)CCC2. The molecule has 0 unspecified atom stereocenters. The van der Waals surface area contributed by atoms with Gasteiger partial charge in [0.15, 0.2) is 0 Å². The number of methoxy groups -OCH3 is 2. The summed E-state index contributed by atoms with van der Waals surface area (Å²) in [5.41, 5.74) is 3.18. The van der Waals surface area contributed by atoms with Gasteiger partial charge in [-0.05, 0) is 0 Å². The van der Waals surface area contributed by atoms with Crippen LogP contribution in [-0.2, 0) is 73.9 Å². The molecule has 1 radical (unpaired) electrons. The van der Waals surface area contributed by atoms with Crippen molar-refractivity contribution >= 4 is 37.2 Å². The molecule has 0 aromatic heterocycles. The zero-order chi connectivity index (χ0) is 15.1. The van der Waals surface area contributed by atoms with Crippen LogP contribution in [0.5, 0.6) is 0 Å². The van der Waals surface area contributed by atoms with E-state index in [0.29, 0.717) is 0 Å². The maximum atomic E-state index is 10.7. The molecule has 0 fully saturated rings. The van der Waals surface area contributed by atoms with Crippen molar-refractivity contribution in [3.8, 4) is 0 Å². The Hall–Kier alpha value is -1.02. The van der Waals surface area contributed by atoms with E-state index in [2.05, 4.69) is 52.9 Å². The maximum Gasteiger partial charge on any atom is 0.309 e. The topological polar surface area (TPSA) is 52.6 Å². The first-order valence-electron chi connectivity index (χ1n) is 5.99. The molecule has 119 valence electrons. The normalized spacial score (nSPS) is 12.9. The van der Waals surface area contributed by atoms with Crippen molar-refractivity contribution in [1.82, 2.24) is 0 Å². The molecule has 0 atom stereocenters. The van der Waals surface area contributed by atoms with Crippen molar-refractivity contribution < 1.29 is 35.8 Å². The number of ether oxygens (including phenoxy) is 2. The second kappa shape index (κ2) is 9.83. The average molecular weight is 370 g/mol. The van der Waals surface area contributed by atoms with E-state index in [1.807, 2.05) is 0 Å². The van der Waals surface area contributed by atoms with Crippen molar-refractivity contribution in [2.24, 2.45) is 0 Å². The molecule has 1 aromatic rings. The molecular formula is C14H15CoO4S2-3. The van der Waals surface area contributed by atoms with Crippen molar-refractivity contribution in [1.29, 1.82) is 0 Å². The third kappa shape index (κ3) is 5.70. The Morgan fingerprint density at radius 2 is 1.67 bits per heavy atom. The maximum absolute atomic E-state index is 10.7. The van der Waals surface area contributed by atoms with Gasteiger partial charge in [0.05, 0.1) is 14.2 Å². The summed E-state index contributed by atoms with van der Waals surface area (Å²) in [5.74, 6) is -1.61. The number of fused-ring (bicyclic) bond motifs is 1. The average Bonchev–Trinajstić information content (AvgIpc) is 3.08. The molecule has 0 saturated heterocycles. The molecule has 1 aliphatic rings. The van der Waals surface area contributed by atoms with Crippen molar-refractivity contribution in [2.75, 3.05) is 14.2 Å². The van der Waals surface area contributed by atoms with Crippen LogP contribution in [0.25, 0.3) is 0 Å². The molecule has 1 aromatic carbocycles. The van der Waals surface area contributed by atoms with E-state index >= 15 is 0 Å². The van der Waals surface area contributed by atoms with Gasteiger partial charge >= 0.3 is 11.9 Å². The van der Waals surface area contributed by atoms with Gasteiger partial charge in [-0.25, -0.2) is 21.7 Å². The molecule has 0 spiro atoms. The third-order valence-electron chi connectivity index (χ3n) is 2.85. The van der Waals surface area contributed by atoms with Gasteiger partial charge in [-0.2, -0.15) is 17.2 Å². The van der Waals surface area contributed by atoms with Crippen molar-refractivity contribution in [2.45, 2.75) is 19.3 Å². The first-order chi connectivity index (χ1) is 9.51. The van der Waals surface area contributed by atoms with Crippen LogP contribution in [0.2, 0.25) is 0 Å². The number of hydrogen-bond acceptors (Lipinski definition) is 6. The van der Waals surface area contributed by atoms with E-state index in [1.165, 1.54) is 19.3 Å². The molecule has 2 rings (SSSR count). The quantitative estimate of drug-likeness (QED) is 0.341. The molecule has 0 heterocycles. The number of hydrogen-bond donors (Lipinski definition) is 0. The molecular weight excluding hydrogens is 355 g/mol. The minimum absolute atomic E-state index is 0. The van der Waals surface area contributed by atoms with Gasteiger partial charge in [-0.3, -0.25) is 0 Å². The monoisotopic (exact) mass is 370 g/mol. The number of aryl methyl sites for hydroxylation is 2. The van der Waals surface area contributed by atoms with Gasteiger partial charge in [0, 0.05) is 16.8 Å². The van der Waals surface area contributed by atoms with Gasteiger partial charge < -0.3 is 34.7 Å². The molecule has 0 bridgehead atoms. The minimum Gasteiger partial charge on any atom is -0.774 e. The fraction of sp³-hybridized carbons (Fsp3) is 0.357. The fourth-order valence-corrected chi connectivity index (χ4v) is 2.16. The minimum atomic E-state index is -0.805. The summed E-state index contributed by atoms with van der Waals surface area (Å²) in [7, 11) is 2.29. The van der Waals surface area contributed by atoms with Crippen LogP contribution in [0.15, 0.2) is 28.0 Å². The molecule has 0 aliphatic heterocycles. The summed E-state index contributed by atoms with van der Waals surface area (Å²) < 4.78 is 8.50. The second-order valence-electron chi connectivity index (χ2n) is 4.07. The molecule has 0 amide bonds. The van der Waals surface area contributed by atoms with Crippen LogP contribution >= 0.6 is 0 Å². The first kappa shape index (κ1) is 20.0. The summed E-state index contributed by atoms with van der Waals surface area (Å²) in [6.07, 6.45) is 4.02. The van der Waals surface area contributed by atoms with E-state index in [-0.39, 0.29) is 26.6 Å². The Kier molecular flexibility index (Phi) is 9.35. The van der Waals surface area contributed by atoms with Gasteiger partial charge in [0.25, 0.3) is 0 Å². The van der Waals surface area contributed by atoms with Crippen LogP contribution < -0.4 is 0 Å². The number of carbonyl (C=O) groups is 2. The summed E-state index contributed by atoms with van der Waals surface area (Å²) in [4.78, 5) is 20.8. The second-order valence-corrected chi connectivity index (χ2v) is 4.89. The molecule has 7 heteroatoms. The van der Waals surface area contributed by atoms with Crippen LogP contribution in [0.3, 0.4) is 0 Å². The van der Waals surface area contributed by atoms with Crippen LogP contribution in [0.1, 0.15) is 17.5 Å². The Morgan fingerprint density at radius 1 is 1.14 bits per heavy atom. The van der Waals surface area contributed by atoms with E-state index in [1.54, 1.807) is 11.1 Å². The number of rotatable bonds is 2. The van der Waals surface area contributed by atoms with Gasteiger partial charge in [-0.1, -0.05) is 19.3 Å².